The van der Waals surface area contributed by atoms with Crippen LogP contribution in [0.3, 0.4) is 0 Å². The monoisotopic (exact) mass is 349 g/mol. The maximum Gasteiger partial charge on any atom is 0.242 e. The van der Waals surface area contributed by atoms with Crippen LogP contribution in [0.4, 0.5) is 0 Å². The van der Waals surface area contributed by atoms with E-state index in [0.29, 0.717) is 12.0 Å². The molecule has 8 heteroatoms. The van der Waals surface area contributed by atoms with Crippen molar-refractivity contribution in [2.24, 2.45) is 5.73 Å². The lowest BCUT2D eigenvalue weighted by Crippen LogP contribution is -2.40. The van der Waals surface area contributed by atoms with Gasteiger partial charge in [-0.1, -0.05) is 31.5 Å². The van der Waals surface area contributed by atoms with Crippen molar-refractivity contribution in [1.29, 1.82) is 0 Å². The van der Waals surface area contributed by atoms with Crippen molar-refractivity contribution in [2.75, 3.05) is 14.1 Å². The Kier molecular flexibility index (Phi) is 8.62. The summed E-state index contributed by atoms with van der Waals surface area (Å²) in [6, 6.07) is 6.05. The number of nitrogens with zero attached hydrogens (tertiary/aromatic N) is 1. The van der Waals surface area contributed by atoms with Crippen LogP contribution < -0.4 is 11.1 Å². The van der Waals surface area contributed by atoms with E-state index in [1.165, 1.54) is 20.2 Å². The molecule has 6 nitrogen and oxygen atoms in total. The van der Waals surface area contributed by atoms with E-state index in [-0.39, 0.29) is 29.8 Å². The number of carbonyl (C=O) groups excluding carboxylic acids is 1. The van der Waals surface area contributed by atoms with Gasteiger partial charge in [0.25, 0.3) is 0 Å². The molecule has 1 amide bonds. The topological polar surface area (TPSA) is 92.5 Å². The first-order valence-corrected chi connectivity index (χ1v) is 8.28. The Labute approximate surface area is 138 Å². The molecule has 126 valence electrons. The molecule has 0 bridgehead atoms. The Bertz CT molecular complexity index is 591. The summed E-state index contributed by atoms with van der Waals surface area (Å²) in [7, 11) is -0.587. The molecule has 1 aromatic rings. The van der Waals surface area contributed by atoms with Gasteiger partial charge in [0.15, 0.2) is 0 Å². The van der Waals surface area contributed by atoms with Crippen LogP contribution in [0, 0.1) is 0 Å². The predicted octanol–water partition coefficient (Wildman–Crippen LogP) is 1.10. The molecule has 1 atom stereocenters. The van der Waals surface area contributed by atoms with Gasteiger partial charge in [-0.05, 0) is 18.1 Å². The maximum atomic E-state index is 12.2. The summed E-state index contributed by atoms with van der Waals surface area (Å²) < 4.78 is 25.6. The van der Waals surface area contributed by atoms with Gasteiger partial charge >= 0.3 is 0 Å². The first kappa shape index (κ1) is 20.9. The molecule has 0 aliphatic carbocycles. The zero-order valence-corrected chi connectivity index (χ0v) is 14.7. The van der Waals surface area contributed by atoms with E-state index in [0.717, 1.165) is 10.7 Å². The van der Waals surface area contributed by atoms with Crippen LogP contribution in [-0.2, 0) is 21.4 Å². The number of hydrogen-bond donors (Lipinski definition) is 2. The SMILES string of the molecule is CCCC(N)C(=O)NCc1ccccc1S(=O)(=O)N(C)C.Cl. The van der Waals surface area contributed by atoms with Crippen molar-refractivity contribution in [2.45, 2.75) is 37.2 Å². The fourth-order valence-corrected chi connectivity index (χ4v) is 2.97. The molecule has 0 heterocycles. The smallest absolute Gasteiger partial charge is 0.242 e. The number of nitrogens with one attached hydrogen (secondary N) is 1. The molecule has 0 aliphatic heterocycles. The first-order valence-electron chi connectivity index (χ1n) is 6.84. The third kappa shape index (κ3) is 5.24. The highest BCUT2D eigenvalue weighted by molar-refractivity contribution is 7.89. The van der Waals surface area contributed by atoms with Gasteiger partial charge in [0.1, 0.15) is 0 Å². The van der Waals surface area contributed by atoms with Gasteiger partial charge in [-0.2, -0.15) is 0 Å². The highest BCUT2D eigenvalue weighted by atomic mass is 35.5. The van der Waals surface area contributed by atoms with Crippen LogP contribution in [0.2, 0.25) is 0 Å². The molecule has 0 fully saturated rings. The highest BCUT2D eigenvalue weighted by Crippen LogP contribution is 2.18. The summed E-state index contributed by atoms with van der Waals surface area (Å²) in [5.74, 6) is -0.270. The van der Waals surface area contributed by atoms with Crippen molar-refractivity contribution in [3.8, 4) is 0 Å². The van der Waals surface area contributed by atoms with Crippen molar-refractivity contribution < 1.29 is 13.2 Å². The number of hydrogen-bond acceptors (Lipinski definition) is 4. The minimum Gasteiger partial charge on any atom is -0.351 e. The molecule has 0 spiro atoms. The Hall–Kier alpha value is -1.15. The fraction of sp³-hybridized carbons (Fsp3) is 0.500. The van der Waals surface area contributed by atoms with Crippen molar-refractivity contribution >= 4 is 28.3 Å². The lowest BCUT2D eigenvalue weighted by molar-refractivity contribution is -0.122. The average Bonchev–Trinajstić information content (AvgIpc) is 2.45. The maximum absolute atomic E-state index is 12.2. The van der Waals surface area contributed by atoms with E-state index in [2.05, 4.69) is 5.32 Å². The normalized spacial score (nSPS) is 12.6. The summed E-state index contributed by atoms with van der Waals surface area (Å²) in [6.45, 7) is 2.09. The Balaban J connectivity index is 0.00000441. The molecule has 0 aromatic heterocycles. The molecule has 1 rings (SSSR count). The number of benzene rings is 1. The van der Waals surface area contributed by atoms with Crippen LogP contribution in [0.25, 0.3) is 0 Å². The number of carbonyl (C=O) groups is 1. The second-order valence-corrected chi connectivity index (χ2v) is 7.13. The van der Waals surface area contributed by atoms with Crippen molar-refractivity contribution in [3.63, 3.8) is 0 Å². The van der Waals surface area contributed by atoms with Crippen LogP contribution in [0.15, 0.2) is 29.2 Å². The zero-order chi connectivity index (χ0) is 16.0. The van der Waals surface area contributed by atoms with Crippen molar-refractivity contribution in [1.82, 2.24) is 9.62 Å². The van der Waals surface area contributed by atoms with Gasteiger partial charge in [0.05, 0.1) is 10.9 Å². The van der Waals surface area contributed by atoms with Gasteiger partial charge in [-0.25, -0.2) is 12.7 Å². The second-order valence-electron chi connectivity index (χ2n) is 5.01. The van der Waals surface area contributed by atoms with E-state index in [1.54, 1.807) is 18.2 Å². The summed E-state index contributed by atoms with van der Waals surface area (Å²) in [6.07, 6.45) is 1.42. The first-order chi connectivity index (χ1) is 9.80. The van der Waals surface area contributed by atoms with E-state index >= 15 is 0 Å². The van der Waals surface area contributed by atoms with Gasteiger partial charge in [-0.15, -0.1) is 12.4 Å². The van der Waals surface area contributed by atoms with E-state index in [9.17, 15) is 13.2 Å². The molecule has 1 unspecified atom stereocenters. The molecular weight excluding hydrogens is 326 g/mol. The molecule has 1 aromatic carbocycles. The van der Waals surface area contributed by atoms with Crippen LogP contribution >= 0.6 is 12.4 Å². The van der Waals surface area contributed by atoms with E-state index < -0.39 is 16.1 Å². The van der Waals surface area contributed by atoms with Gasteiger partial charge in [0, 0.05) is 20.6 Å². The predicted molar refractivity (Wildman–Crippen MR) is 89.3 cm³/mol. The molecule has 0 saturated heterocycles. The van der Waals surface area contributed by atoms with Crippen molar-refractivity contribution in [3.05, 3.63) is 29.8 Å². The number of halogens is 1. The summed E-state index contributed by atoms with van der Waals surface area (Å²) in [5.41, 5.74) is 6.27. The van der Waals surface area contributed by atoms with Crippen LogP contribution in [0.1, 0.15) is 25.3 Å². The second kappa shape index (κ2) is 9.09. The Morgan fingerprint density at radius 2 is 1.91 bits per heavy atom. The average molecular weight is 350 g/mol. The third-order valence-electron chi connectivity index (χ3n) is 3.12. The summed E-state index contributed by atoms with van der Waals surface area (Å²) in [5, 5.41) is 2.69. The number of nitrogens with two attached hydrogens (primary N) is 1. The standard InChI is InChI=1S/C14H23N3O3S.ClH/c1-4-7-12(15)14(18)16-10-11-8-5-6-9-13(11)21(19,20)17(2)3;/h5-6,8-9,12H,4,7,10,15H2,1-3H3,(H,16,18);1H. The van der Waals surface area contributed by atoms with E-state index in [4.69, 9.17) is 5.73 Å². The van der Waals surface area contributed by atoms with Gasteiger partial charge in [0.2, 0.25) is 15.9 Å². The summed E-state index contributed by atoms with van der Waals surface area (Å²) in [4.78, 5) is 12.0. The van der Waals surface area contributed by atoms with Crippen LogP contribution in [0.5, 0.6) is 0 Å². The quantitative estimate of drug-likeness (QED) is 0.771. The van der Waals surface area contributed by atoms with Crippen LogP contribution in [-0.4, -0.2) is 38.8 Å². The van der Waals surface area contributed by atoms with Gasteiger partial charge < -0.3 is 11.1 Å². The highest BCUT2D eigenvalue weighted by Gasteiger charge is 2.21. The lowest BCUT2D eigenvalue weighted by atomic mass is 10.1. The molecule has 3 N–H and O–H groups in total. The van der Waals surface area contributed by atoms with E-state index in [1.807, 2.05) is 6.92 Å². The number of amides is 1. The Morgan fingerprint density at radius 3 is 2.45 bits per heavy atom. The number of sulfonamides is 1. The third-order valence-corrected chi connectivity index (χ3v) is 5.04. The minimum absolute atomic E-state index is 0. The van der Waals surface area contributed by atoms with Gasteiger partial charge in [-0.3, -0.25) is 4.79 Å². The lowest BCUT2D eigenvalue weighted by Gasteiger charge is -2.16. The largest absolute Gasteiger partial charge is 0.351 e. The summed E-state index contributed by atoms with van der Waals surface area (Å²) >= 11 is 0. The molecular formula is C14H24ClN3O3S. The molecule has 0 aliphatic rings. The number of rotatable bonds is 7. The zero-order valence-electron chi connectivity index (χ0n) is 13.1. The fourth-order valence-electron chi connectivity index (χ4n) is 1.85. The minimum atomic E-state index is -3.54. The molecule has 0 radical (unpaired) electrons. The molecule has 0 saturated carbocycles. The molecule has 22 heavy (non-hydrogen) atoms. The Morgan fingerprint density at radius 1 is 1.32 bits per heavy atom.